The van der Waals surface area contributed by atoms with Crippen molar-refractivity contribution in [2.45, 2.75) is 58.9 Å². The van der Waals surface area contributed by atoms with Gasteiger partial charge in [0.05, 0.1) is 5.41 Å². The van der Waals surface area contributed by atoms with Crippen molar-refractivity contribution < 1.29 is 4.79 Å². The molecule has 1 heterocycles. The van der Waals surface area contributed by atoms with Crippen LogP contribution in [0.4, 0.5) is 0 Å². The monoisotopic (exact) mass is 341 g/mol. The molecule has 0 aromatic carbocycles. The molecule has 1 fully saturated rings. The van der Waals surface area contributed by atoms with Crippen molar-refractivity contribution in [3.8, 4) is 0 Å². The first kappa shape index (κ1) is 23.2. The van der Waals surface area contributed by atoms with Gasteiger partial charge in [0.15, 0.2) is 0 Å². The predicted octanol–water partition coefficient (Wildman–Crippen LogP) is 2.59. The lowest BCUT2D eigenvalue weighted by Gasteiger charge is -2.33. The van der Waals surface area contributed by atoms with Crippen molar-refractivity contribution in [2.75, 3.05) is 26.2 Å². The number of carbonyl (C=O) groups is 1. The summed E-state index contributed by atoms with van der Waals surface area (Å²) in [6.07, 6.45) is 5.54. The molecule has 0 aromatic rings. The van der Waals surface area contributed by atoms with Crippen LogP contribution >= 0.6 is 24.8 Å². The Bertz CT molecular complexity index is 272. The minimum absolute atomic E-state index is 0. The SMILES string of the molecule is CCC(CC)(CN)C(=O)NC(C)CN1CCCCC1.Cl.Cl. The summed E-state index contributed by atoms with van der Waals surface area (Å²) in [5, 5.41) is 3.16. The van der Waals surface area contributed by atoms with E-state index in [4.69, 9.17) is 5.73 Å². The lowest BCUT2D eigenvalue weighted by atomic mass is 9.81. The first-order chi connectivity index (χ1) is 9.07. The van der Waals surface area contributed by atoms with Crippen molar-refractivity contribution >= 4 is 30.7 Å². The number of hydrogen-bond acceptors (Lipinski definition) is 3. The average Bonchev–Trinajstić information content (AvgIpc) is 2.42. The van der Waals surface area contributed by atoms with Gasteiger partial charge in [0.1, 0.15) is 0 Å². The fourth-order valence-corrected chi connectivity index (χ4v) is 2.90. The molecule has 1 aliphatic rings. The van der Waals surface area contributed by atoms with Gasteiger partial charge in [0, 0.05) is 19.1 Å². The summed E-state index contributed by atoms with van der Waals surface area (Å²) in [5.41, 5.74) is 5.44. The number of halogens is 2. The fraction of sp³-hybridized carbons (Fsp3) is 0.933. The zero-order chi connectivity index (χ0) is 14.3. The molecule has 1 amide bonds. The molecule has 21 heavy (non-hydrogen) atoms. The summed E-state index contributed by atoms with van der Waals surface area (Å²) in [5.74, 6) is 0.129. The van der Waals surface area contributed by atoms with Gasteiger partial charge < -0.3 is 16.0 Å². The first-order valence-corrected chi connectivity index (χ1v) is 7.81. The van der Waals surface area contributed by atoms with Gasteiger partial charge in [-0.3, -0.25) is 4.79 Å². The molecule has 0 bridgehead atoms. The summed E-state index contributed by atoms with van der Waals surface area (Å²) < 4.78 is 0. The summed E-state index contributed by atoms with van der Waals surface area (Å²) >= 11 is 0. The largest absolute Gasteiger partial charge is 0.352 e. The zero-order valence-corrected chi connectivity index (χ0v) is 15.3. The number of nitrogens with zero attached hydrogens (tertiary/aromatic N) is 1. The molecule has 1 saturated heterocycles. The third kappa shape index (κ3) is 6.72. The minimum atomic E-state index is -0.379. The summed E-state index contributed by atoms with van der Waals surface area (Å²) in [6, 6.07) is 0.203. The molecular formula is C15H33Cl2N3O. The van der Waals surface area contributed by atoms with Crippen LogP contribution in [0.3, 0.4) is 0 Å². The number of carbonyl (C=O) groups excluding carboxylic acids is 1. The highest BCUT2D eigenvalue weighted by Crippen LogP contribution is 2.25. The highest BCUT2D eigenvalue weighted by Gasteiger charge is 2.34. The second-order valence-corrected chi connectivity index (χ2v) is 5.93. The maximum atomic E-state index is 12.4. The van der Waals surface area contributed by atoms with Crippen molar-refractivity contribution in [3.63, 3.8) is 0 Å². The number of likely N-dealkylation sites (tertiary alicyclic amines) is 1. The lowest BCUT2D eigenvalue weighted by molar-refractivity contribution is -0.131. The smallest absolute Gasteiger partial charge is 0.227 e. The van der Waals surface area contributed by atoms with E-state index in [1.54, 1.807) is 0 Å². The van der Waals surface area contributed by atoms with Crippen LogP contribution in [0, 0.1) is 5.41 Å². The van der Waals surface area contributed by atoms with E-state index in [2.05, 4.69) is 17.1 Å². The Morgan fingerprint density at radius 2 is 1.71 bits per heavy atom. The van der Waals surface area contributed by atoms with E-state index >= 15 is 0 Å². The molecule has 0 aliphatic carbocycles. The second kappa shape index (κ2) is 11.5. The Balaban J connectivity index is 0. The van der Waals surface area contributed by atoms with Crippen LogP contribution in [0.25, 0.3) is 0 Å². The van der Waals surface area contributed by atoms with Crippen LogP contribution in [0.15, 0.2) is 0 Å². The Labute approximate surface area is 142 Å². The standard InChI is InChI=1S/C15H31N3O.2ClH/c1-4-15(5-2,12-16)14(19)17-13(3)11-18-9-7-6-8-10-18;;/h13H,4-12,16H2,1-3H3,(H,17,19);2*1H. The summed E-state index contributed by atoms with van der Waals surface area (Å²) in [6.45, 7) is 9.92. The van der Waals surface area contributed by atoms with E-state index in [-0.39, 0.29) is 42.2 Å². The number of nitrogens with one attached hydrogen (secondary N) is 1. The zero-order valence-electron chi connectivity index (χ0n) is 13.7. The number of hydrogen-bond donors (Lipinski definition) is 2. The molecule has 128 valence electrons. The third-order valence-corrected chi connectivity index (χ3v) is 4.58. The van der Waals surface area contributed by atoms with Crippen LogP contribution in [-0.2, 0) is 4.79 Å². The average molecular weight is 342 g/mol. The van der Waals surface area contributed by atoms with E-state index in [1.807, 2.05) is 13.8 Å². The number of piperidine rings is 1. The van der Waals surface area contributed by atoms with Crippen LogP contribution in [-0.4, -0.2) is 43.0 Å². The van der Waals surface area contributed by atoms with E-state index < -0.39 is 0 Å². The Morgan fingerprint density at radius 3 is 2.14 bits per heavy atom. The number of nitrogens with two attached hydrogens (primary N) is 1. The molecular weight excluding hydrogens is 309 g/mol. The van der Waals surface area contributed by atoms with Crippen LogP contribution in [0.2, 0.25) is 0 Å². The van der Waals surface area contributed by atoms with E-state index in [0.29, 0.717) is 6.54 Å². The summed E-state index contributed by atoms with van der Waals surface area (Å²) in [4.78, 5) is 14.9. The van der Waals surface area contributed by atoms with Gasteiger partial charge in [-0.25, -0.2) is 0 Å². The Hall–Kier alpha value is -0.0300. The molecule has 0 saturated carbocycles. The molecule has 1 atom stereocenters. The number of amides is 1. The van der Waals surface area contributed by atoms with Crippen molar-refractivity contribution in [3.05, 3.63) is 0 Å². The normalized spacial score (nSPS) is 17.3. The molecule has 3 N–H and O–H groups in total. The molecule has 0 spiro atoms. The van der Waals surface area contributed by atoms with Crippen molar-refractivity contribution in [1.29, 1.82) is 0 Å². The van der Waals surface area contributed by atoms with Crippen molar-refractivity contribution in [2.24, 2.45) is 11.1 Å². The maximum Gasteiger partial charge on any atom is 0.227 e. The van der Waals surface area contributed by atoms with Crippen LogP contribution < -0.4 is 11.1 Å². The van der Waals surface area contributed by atoms with Gasteiger partial charge in [-0.05, 0) is 45.7 Å². The first-order valence-electron chi connectivity index (χ1n) is 7.81. The topological polar surface area (TPSA) is 58.4 Å². The molecule has 1 aliphatic heterocycles. The Morgan fingerprint density at radius 1 is 1.19 bits per heavy atom. The fourth-order valence-electron chi connectivity index (χ4n) is 2.90. The quantitative estimate of drug-likeness (QED) is 0.748. The third-order valence-electron chi connectivity index (χ3n) is 4.58. The van der Waals surface area contributed by atoms with Crippen LogP contribution in [0.1, 0.15) is 52.9 Å². The predicted molar refractivity (Wildman–Crippen MR) is 94.5 cm³/mol. The van der Waals surface area contributed by atoms with Crippen molar-refractivity contribution in [1.82, 2.24) is 10.2 Å². The second-order valence-electron chi connectivity index (χ2n) is 5.93. The molecule has 0 radical (unpaired) electrons. The van der Waals surface area contributed by atoms with Gasteiger partial charge in [0.2, 0.25) is 5.91 Å². The Kier molecular flexibility index (Phi) is 12.8. The van der Waals surface area contributed by atoms with Gasteiger partial charge >= 0.3 is 0 Å². The highest BCUT2D eigenvalue weighted by molar-refractivity contribution is 5.85. The lowest BCUT2D eigenvalue weighted by Crippen LogP contribution is -2.51. The molecule has 4 nitrogen and oxygen atoms in total. The van der Waals surface area contributed by atoms with E-state index in [1.165, 1.54) is 32.4 Å². The van der Waals surface area contributed by atoms with Gasteiger partial charge in [-0.1, -0.05) is 20.3 Å². The van der Waals surface area contributed by atoms with Crippen LogP contribution in [0.5, 0.6) is 0 Å². The van der Waals surface area contributed by atoms with Gasteiger partial charge in [-0.2, -0.15) is 0 Å². The molecule has 1 unspecified atom stereocenters. The van der Waals surface area contributed by atoms with Gasteiger partial charge in [-0.15, -0.1) is 24.8 Å². The molecule has 1 rings (SSSR count). The van der Waals surface area contributed by atoms with E-state index in [9.17, 15) is 4.79 Å². The van der Waals surface area contributed by atoms with Gasteiger partial charge in [0.25, 0.3) is 0 Å². The molecule has 0 aromatic heterocycles. The minimum Gasteiger partial charge on any atom is -0.352 e. The summed E-state index contributed by atoms with van der Waals surface area (Å²) in [7, 11) is 0. The number of rotatable bonds is 7. The highest BCUT2D eigenvalue weighted by atomic mass is 35.5. The molecule has 6 heteroatoms. The maximum absolute atomic E-state index is 12.4. The van der Waals surface area contributed by atoms with E-state index in [0.717, 1.165) is 19.4 Å².